The molecule has 7 nitrogen and oxygen atoms in total. The Bertz CT molecular complexity index is 856. The molecule has 0 fully saturated rings. The summed E-state index contributed by atoms with van der Waals surface area (Å²) in [7, 11) is 0. The number of fused-ring (bicyclic) bond motifs is 1. The van der Waals surface area contributed by atoms with Gasteiger partial charge in [-0.05, 0) is 32.0 Å². The van der Waals surface area contributed by atoms with Gasteiger partial charge in [-0.25, -0.2) is 0 Å². The van der Waals surface area contributed by atoms with E-state index in [1.54, 1.807) is 17.0 Å². The summed E-state index contributed by atoms with van der Waals surface area (Å²) in [4.78, 5) is 25.9. The maximum absolute atomic E-state index is 13.0. The Labute approximate surface area is 167 Å². The summed E-state index contributed by atoms with van der Waals surface area (Å²) in [6, 6.07) is 11.9. The fraction of sp³-hybridized carbons (Fsp3) is 0.350. The molecule has 2 aromatic carbocycles. The second kappa shape index (κ2) is 8.97. The molecule has 0 bridgehead atoms. The second-order valence-corrected chi connectivity index (χ2v) is 7.72. The quantitative estimate of drug-likeness (QED) is 0.397. The highest BCUT2D eigenvalue weighted by atomic mass is 32.2. The Balaban J connectivity index is 1.68. The Hall–Kier alpha value is -2.74. The topological polar surface area (TPSA) is 81.9 Å². The number of thioether (sulfide) groups is 1. The molecule has 148 valence electrons. The highest BCUT2D eigenvalue weighted by molar-refractivity contribution is 8.00. The number of hydrogen-bond acceptors (Lipinski definition) is 6. The van der Waals surface area contributed by atoms with Crippen molar-refractivity contribution in [3.05, 3.63) is 58.1 Å². The van der Waals surface area contributed by atoms with E-state index in [9.17, 15) is 14.9 Å². The molecule has 0 saturated heterocycles. The first-order valence-electron chi connectivity index (χ1n) is 9.07. The first-order valence-corrected chi connectivity index (χ1v) is 9.95. The number of nitro benzene ring substituents is 1. The summed E-state index contributed by atoms with van der Waals surface area (Å²) in [6.07, 6.45) is 0. The average molecular weight is 402 g/mol. The molecule has 8 heteroatoms. The van der Waals surface area contributed by atoms with Gasteiger partial charge in [-0.3, -0.25) is 14.9 Å². The van der Waals surface area contributed by atoms with Crippen LogP contribution in [0.4, 0.5) is 5.69 Å². The third kappa shape index (κ3) is 4.56. The van der Waals surface area contributed by atoms with Crippen LogP contribution in [0.3, 0.4) is 0 Å². The Morgan fingerprint density at radius 1 is 1.21 bits per heavy atom. The van der Waals surface area contributed by atoms with Gasteiger partial charge in [0.1, 0.15) is 13.2 Å². The summed E-state index contributed by atoms with van der Waals surface area (Å²) >= 11 is 1.39. The number of para-hydroxylation sites is 1. The lowest BCUT2D eigenvalue weighted by Crippen LogP contribution is -2.36. The fourth-order valence-corrected chi connectivity index (χ4v) is 3.92. The van der Waals surface area contributed by atoms with Crippen LogP contribution in [0.1, 0.15) is 19.4 Å². The number of benzene rings is 2. The molecule has 1 heterocycles. The van der Waals surface area contributed by atoms with E-state index in [1.807, 2.05) is 32.0 Å². The minimum absolute atomic E-state index is 0.000170. The zero-order valence-electron chi connectivity index (χ0n) is 15.8. The van der Waals surface area contributed by atoms with E-state index in [0.29, 0.717) is 37.8 Å². The lowest BCUT2D eigenvalue weighted by atomic mass is 10.1. The average Bonchev–Trinajstić information content (AvgIpc) is 2.72. The van der Waals surface area contributed by atoms with E-state index in [4.69, 9.17) is 9.47 Å². The highest BCUT2D eigenvalue weighted by Gasteiger charge is 2.23. The zero-order chi connectivity index (χ0) is 20.1. The SMILES string of the molecule is CCN(Cc1cccc2c1OCCO2)C(=O)C(C)Sc1ccc([N+](=O)[O-])cc1. The number of amides is 1. The largest absolute Gasteiger partial charge is 0.486 e. The van der Waals surface area contributed by atoms with Crippen LogP contribution in [0.5, 0.6) is 11.5 Å². The number of nitro groups is 1. The predicted molar refractivity (Wildman–Crippen MR) is 107 cm³/mol. The maximum Gasteiger partial charge on any atom is 0.269 e. The molecule has 1 unspecified atom stereocenters. The molecular formula is C20H22N2O5S. The van der Waals surface area contributed by atoms with E-state index in [0.717, 1.165) is 10.5 Å². The smallest absolute Gasteiger partial charge is 0.269 e. The fourth-order valence-electron chi connectivity index (χ4n) is 2.97. The van der Waals surface area contributed by atoms with Crippen LogP contribution in [-0.4, -0.2) is 40.7 Å². The van der Waals surface area contributed by atoms with Crippen LogP contribution in [0.25, 0.3) is 0 Å². The van der Waals surface area contributed by atoms with Gasteiger partial charge in [-0.15, -0.1) is 11.8 Å². The van der Waals surface area contributed by atoms with Gasteiger partial charge in [0, 0.05) is 35.7 Å². The maximum atomic E-state index is 13.0. The summed E-state index contributed by atoms with van der Waals surface area (Å²) in [5.74, 6) is 1.41. The first kappa shape index (κ1) is 20.0. The molecule has 1 atom stereocenters. The monoisotopic (exact) mass is 402 g/mol. The van der Waals surface area contributed by atoms with Crippen LogP contribution in [-0.2, 0) is 11.3 Å². The molecule has 0 saturated carbocycles. The number of non-ortho nitro benzene ring substituents is 1. The van der Waals surface area contributed by atoms with Crippen LogP contribution < -0.4 is 9.47 Å². The number of nitrogens with zero attached hydrogens (tertiary/aromatic N) is 2. The standard InChI is InChI=1S/C20H22N2O5S/c1-3-21(13-15-5-4-6-18-19(15)27-12-11-26-18)20(23)14(2)28-17-9-7-16(8-10-17)22(24)25/h4-10,14H,3,11-13H2,1-2H3. The lowest BCUT2D eigenvalue weighted by molar-refractivity contribution is -0.384. The molecule has 28 heavy (non-hydrogen) atoms. The van der Waals surface area contributed by atoms with Gasteiger partial charge in [0.25, 0.3) is 5.69 Å². The molecule has 0 aromatic heterocycles. The minimum Gasteiger partial charge on any atom is -0.486 e. The molecule has 0 aliphatic carbocycles. The van der Waals surface area contributed by atoms with E-state index in [-0.39, 0.29) is 16.8 Å². The summed E-state index contributed by atoms with van der Waals surface area (Å²) in [6.45, 7) is 5.80. The molecule has 0 spiro atoms. The van der Waals surface area contributed by atoms with Gasteiger partial charge >= 0.3 is 0 Å². The zero-order valence-corrected chi connectivity index (χ0v) is 16.6. The van der Waals surface area contributed by atoms with Crippen molar-refractivity contribution in [2.75, 3.05) is 19.8 Å². The number of carbonyl (C=O) groups is 1. The van der Waals surface area contributed by atoms with Crippen molar-refractivity contribution in [2.24, 2.45) is 0 Å². The van der Waals surface area contributed by atoms with Crippen molar-refractivity contribution < 1.29 is 19.2 Å². The van der Waals surface area contributed by atoms with Gasteiger partial charge in [-0.1, -0.05) is 12.1 Å². The second-order valence-electron chi connectivity index (χ2n) is 6.30. The van der Waals surface area contributed by atoms with Gasteiger partial charge in [0.05, 0.1) is 10.2 Å². The molecule has 3 rings (SSSR count). The van der Waals surface area contributed by atoms with Crippen LogP contribution in [0.2, 0.25) is 0 Å². The summed E-state index contributed by atoms with van der Waals surface area (Å²) in [5.41, 5.74) is 0.953. The number of rotatable bonds is 7. The molecule has 0 radical (unpaired) electrons. The van der Waals surface area contributed by atoms with Gasteiger partial charge in [0.2, 0.25) is 5.91 Å². The minimum atomic E-state index is -0.436. The van der Waals surface area contributed by atoms with Gasteiger partial charge < -0.3 is 14.4 Å². The highest BCUT2D eigenvalue weighted by Crippen LogP contribution is 2.35. The predicted octanol–water partition coefficient (Wildman–Crippen LogP) is 3.90. The molecule has 1 aliphatic rings. The van der Waals surface area contributed by atoms with Gasteiger partial charge in [-0.2, -0.15) is 0 Å². The van der Waals surface area contributed by atoms with Crippen molar-refractivity contribution in [3.63, 3.8) is 0 Å². The lowest BCUT2D eigenvalue weighted by Gasteiger charge is -2.27. The molecular weight excluding hydrogens is 380 g/mol. The van der Waals surface area contributed by atoms with Crippen molar-refractivity contribution in [2.45, 2.75) is 30.5 Å². The van der Waals surface area contributed by atoms with E-state index in [1.165, 1.54) is 23.9 Å². The number of hydrogen-bond donors (Lipinski definition) is 0. The van der Waals surface area contributed by atoms with Crippen molar-refractivity contribution in [3.8, 4) is 11.5 Å². The van der Waals surface area contributed by atoms with Crippen LogP contribution in [0, 0.1) is 10.1 Å². The van der Waals surface area contributed by atoms with E-state index in [2.05, 4.69) is 0 Å². The first-order chi connectivity index (χ1) is 13.5. The molecule has 1 aliphatic heterocycles. The van der Waals surface area contributed by atoms with Crippen molar-refractivity contribution >= 4 is 23.4 Å². The summed E-state index contributed by atoms with van der Waals surface area (Å²) in [5, 5.41) is 10.4. The van der Waals surface area contributed by atoms with E-state index < -0.39 is 4.92 Å². The Morgan fingerprint density at radius 3 is 2.61 bits per heavy atom. The number of carbonyl (C=O) groups excluding carboxylic acids is 1. The normalized spacial score (nSPS) is 13.6. The van der Waals surface area contributed by atoms with E-state index >= 15 is 0 Å². The van der Waals surface area contributed by atoms with Crippen LogP contribution >= 0.6 is 11.8 Å². The van der Waals surface area contributed by atoms with Crippen molar-refractivity contribution in [1.29, 1.82) is 0 Å². The summed E-state index contributed by atoms with van der Waals surface area (Å²) < 4.78 is 11.4. The van der Waals surface area contributed by atoms with Crippen LogP contribution in [0.15, 0.2) is 47.4 Å². The van der Waals surface area contributed by atoms with Gasteiger partial charge in [0.15, 0.2) is 11.5 Å². The van der Waals surface area contributed by atoms with Crippen molar-refractivity contribution in [1.82, 2.24) is 4.90 Å². The molecule has 2 aromatic rings. The molecule has 0 N–H and O–H groups in total. The molecule has 1 amide bonds. The Morgan fingerprint density at radius 2 is 1.93 bits per heavy atom. The number of ether oxygens (including phenoxy) is 2. The third-order valence-electron chi connectivity index (χ3n) is 4.41. The Kier molecular flexibility index (Phi) is 6.41. The third-order valence-corrected chi connectivity index (χ3v) is 5.51.